The van der Waals surface area contributed by atoms with Crippen LogP contribution in [0.15, 0.2) is 33.9 Å². The first-order valence-corrected chi connectivity index (χ1v) is 8.39. The molecule has 0 saturated carbocycles. The Morgan fingerprint density at radius 3 is 2.81 bits per heavy atom. The second kappa shape index (κ2) is 7.77. The number of H-pyrrole nitrogens is 2. The zero-order valence-electron chi connectivity index (χ0n) is 14.4. The minimum atomic E-state index is -0.662. The van der Waals surface area contributed by atoms with Crippen LogP contribution in [0.1, 0.15) is 24.4 Å². The molecule has 0 aliphatic carbocycles. The third kappa shape index (κ3) is 4.05. The SMILES string of the molecule is Cn1c(CCCNC(=O)CCc2n[nH]c(=O)[nH]c2=O)nc2ccccc21. The summed E-state index contributed by atoms with van der Waals surface area (Å²) in [5.74, 6) is 0.812. The zero-order chi connectivity index (χ0) is 18.5. The molecule has 3 N–H and O–H groups in total. The summed E-state index contributed by atoms with van der Waals surface area (Å²) in [5, 5.41) is 8.61. The Balaban J connectivity index is 1.44. The van der Waals surface area contributed by atoms with Crippen LogP contribution in [0.3, 0.4) is 0 Å². The number of hydrogen-bond donors (Lipinski definition) is 3. The van der Waals surface area contributed by atoms with E-state index in [0.717, 1.165) is 29.7 Å². The third-order valence-electron chi connectivity index (χ3n) is 4.15. The number of amides is 1. The summed E-state index contributed by atoms with van der Waals surface area (Å²) in [5.41, 5.74) is 0.964. The molecule has 0 atom stereocenters. The Morgan fingerprint density at radius 2 is 2.04 bits per heavy atom. The fourth-order valence-corrected chi connectivity index (χ4v) is 2.76. The van der Waals surface area contributed by atoms with Crippen LogP contribution in [-0.2, 0) is 24.7 Å². The molecule has 136 valence electrons. The van der Waals surface area contributed by atoms with E-state index in [4.69, 9.17) is 0 Å². The fourth-order valence-electron chi connectivity index (χ4n) is 2.76. The van der Waals surface area contributed by atoms with Gasteiger partial charge in [0.05, 0.1) is 11.0 Å². The van der Waals surface area contributed by atoms with E-state index in [0.29, 0.717) is 6.54 Å². The maximum absolute atomic E-state index is 11.9. The van der Waals surface area contributed by atoms with Gasteiger partial charge in [-0.15, -0.1) is 0 Å². The average Bonchev–Trinajstić information content (AvgIpc) is 2.94. The Kier molecular flexibility index (Phi) is 5.26. The summed E-state index contributed by atoms with van der Waals surface area (Å²) in [7, 11) is 1.98. The second-order valence-corrected chi connectivity index (χ2v) is 5.98. The van der Waals surface area contributed by atoms with Crippen molar-refractivity contribution in [1.29, 1.82) is 0 Å². The second-order valence-electron chi connectivity index (χ2n) is 5.98. The predicted octanol–water partition coefficient (Wildman–Crippen LogP) is 0.0265. The summed E-state index contributed by atoms with van der Waals surface area (Å²) in [4.78, 5) is 40.9. The van der Waals surface area contributed by atoms with E-state index in [2.05, 4.69) is 30.0 Å². The summed E-state index contributed by atoms with van der Waals surface area (Å²) in [6.45, 7) is 0.525. The summed E-state index contributed by atoms with van der Waals surface area (Å²) in [6, 6.07) is 7.95. The predicted molar refractivity (Wildman–Crippen MR) is 95.8 cm³/mol. The van der Waals surface area contributed by atoms with E-state index in [-0.39, 0.29) is 24.4 Å². The van der Waals surface area contributed by atoms with Crippen LogP contribution < -0.4 is 16.6 Å². The third-order valence-corrected chi connectivity index (χ3v) is 4.15. The highest BCUT2D eigenvalue weighted by molar-refractivity contribution is 5.76. The number of imidazole rings is 1. The average molecular weight is 356 g/mol. The van der Waals surface area contributed by atoms with E-state index in [1.54, 1.807) is 0 Å². The minimum Gasteiger partial charge on any atom is -0.356 e. The van der Waals surface area contributed by atoms with Crippen molar-refractivity contribution >= 4 is 16.9 Å². The quantitative estimate of drug-likeness (QED) is 0.515. The number of carbonyl (C=O) groups excluding carboxylic acids is 1. The van der Waals surface area contributed by atoms with Crippen molar-refractivity contribution < 1.29 is 4.79 Å². The van der Waals surface area contributed by atoms with Gasteiger partial charge in [-0.05, 0) is 18.6 Å². The Bertz CT molecular complexity index is 1030. The maximum atomic E-state index is 11.9. The van der Waals surface area contributed by atoms with E-state index >= 15 is 0 Å². The molecule has 0 aliphatic heterocycles. The van der Waals surface area contributed by atoms with Gasteiger partial charge in [0, 0.05) is 32.9 Å². The number of para-hydroxylation sites is 2. The number of aromatic nitrogens is 5. The molecule has 9 heteroatoms. The van der Waals surface area contributed by atoms with Crippen molar-refractivity contribution in [3.8, 4) is 0 Å². The highest BCUT2D eigenvalue weighted by Gasteiger charge is 2.09. The summed E-state index contributed by atoms with van der Waals surface area (Å²) >= 11 is 0. The monoisotopic (exact) mass is 356 g/mol. The van der Waals surface area contributed by atoms with Gasteiger partial charge in [-0.25, -0.2) is 14.9 Å². The van der Waals surface area contributed by atoms with Crippen molar-refractivity contribution in [3.63, 3.8) is 0 Å². The van der Waals surface area contributed by atoms with Gasteiger partial charge in [0.1, 0.15) is 11.5 Å². The number of nitrogens with zero attached hydrogens (tertiary/aromatic N) is 3. The molecule has 0 bridgehead atoms. The standard InChI is InChI=1S/C17H20N6O3/c1-23-13-6-3-2-5-11(13)19-14(23)7-4-10-18-15(24)9-8-12-16(25)20-17(26)22-21-12/h2-3,5-6H,4,7-10H2,1H3,(H,18,24)(H2,20,22,25,26). The Labute approximate surface area is 148 Å². The smallest absolute Gasteiger partial charge is 0.342 e. The van der Waals surface area contributed by atoms with E-state index < -0.39 is 11.2 Å². The normalized spacial score (nSPS) is 11.0. The van der Waals surface area contributed by atoms with Gasteiger partial charge in [-0.3, -0.25) is 14.6 Å². The van der Waals surface area contributed by atoms with Crippen molar-refractivity contribution in [1.82, 2.24) is 30.0 Å². The van der Waals surface area contributed by atoms with E-state index in [1.807, 2.05) is 31.3 Å². The fraction of sp³-hybridized carbons (Fsp3) is 0.353. The molecule has 0 spiro atoms. The number of aryl methyl sites for hydroxylation is 3. The van der Waals surface area contributed by atoms with Crippen LogP contribution in [0.4, 0.5) is 0 Å². The number of carbonyl (C=O) groups is 1. The van der Waals surface area contributed by atoms with Crippen molar-refractivity contribution in [2.75, 3.05) is 6.54 Å². The molecular weight excluding hydrogens is 336 g/mol. The molecular formula is C17H20N6O3. The molecule has 3 rings (SSSR count). The zero-order valence-corrected chi connectivity index (χ0v) is 14.4. The number of fused-ring (bicyclic) bond motifs is 1. The van der Waals surface area contributed by atoms with Crippen LogP contribution in [0.25, 0.3) is 11.0 Å². The molecule has 0 radical (unpaired) electrons. The number of aromatic amines is 2. The number of rotatable bonds is 7. The van der Waals surface area contributed by atoms with Crippen LogP contribution in [0, 0.1) is 0 Å². The molecule has 2 aromatic heterocycles. The largest absolute Gasteiger partial charge is 0.356 e. The van der Waals surface area contributed by atoms with Crippen molar-refractivity contribution in [2.45, 2.75) is 25.7 Å². The first-order valence-electron chi connectivity index (χ1n) is 8.39. The first-order chi connectivity index (χ1) is 12.5. The van der Waals surface area contributed by atoms with Gasteiger partial charge >= 0.3 is 5.69 Å². The van der Waals surface area contributed by atoms with E-state index in [1.165, 1.54) is 0 Å². The van der Waals surface area contributed by atoms with Gasteiger partial charge in [0.2, 0.25) is 5.91 Å². The van der Waals surface area contributed by atoms with Gasteiger partial charge in [0.25, 0.3) is 5.56 Å². The molecule has 0 fully saturated rings. The van der Waals surface area contributed by atoms with Crippen LogP contribution in [-0.4, -0.2) is 37.2 Å². The summed E-state index contributed by atoms with van der Waals surface area (Å²) < 4.78 is 2.06. The molecule has 0 saturated heterocycles. The lowest BCUT2D eigenvalue weighted by atomic mass is 10.2. The Hall–Kier alpha value is -3.23. The highest BCUT2D eigenvalue weighted by Crippen LogP contribution is 2.14. The Morgan fingerprint density at radius 1 is 1.23 bits per heavy atom. The van der Waals surface area contributed by atoms with Gasteiger partial charge in [0.15, 0.2) is 0 Å². The molecule has 0 unspecified atom stereocenters. The first kappa shape index (κ1) is 17.6. The molecule has 1 aromatic carbocycles. The van der Waals surface area contributed by atoms with E-state index in [9.17, 15) is 14.4 Å². The van der Waals surface area contributed by atoms with Crippen molar-refractivity contribution in [3.05, 3.63) is 56.6 Å². The van der Waals surface area contributed by atoms with Crippen LogP contribution in [0.2, 0.25) is 0 Å². The maximum Gasteiger partial charge on any atom is 0.342 e. The minimum absolute atomic E-state index is 0.133. The topological polar surface area (TPSA) is 126 Å². The van der Waals surface area contributed by atoms with Crippen molar-refractivity contribution in [2.24, 2.45) is 7.05 Å². The number of nitrogens with one attached hydrogen (secondary N) is 3. The highest BCUT2D eigenvalue weighted by atomic mass is 16.2. The van der Waals surface area contributed by atoms with Gasteiger partial charge in [-0.2, -0.15) is 5.10 Å². The molecule has 0 aliphatic rings. The lowest BCUT2D eigenvalue weighted by molar-refractivity contribution is -0.121. The lowest BCUT2D eigenvalue weighted by Gasteiger charge is -2.05. The van der Waals surface area contributed by atoms with Crippen LogP contribution >= 0.6 is 0 Å². The molecule has 1 amide bonds. The molecule has 9 nitrogen and oxygen atoms in total. The van der Waals surface area contributed by atoms with Gasteiger partial charge < -0.3 is 9.88 Å². The summed E-state index contributed by atoms with van der Waals surface area (Å²) in [6.07, 6.45) is 1.82. The molecule has 2 heterocycles. The number of hydrogen-bond acceptors (Lipinski definition) is 5. The lowest BCUT2D eigenvalue weighted by Crippen LogP contribution is -2.29. The van der Waals surface area contributed by atoms with Crippen LogP contribution in [0.5, 0.6) is 0 Å². The molecule has 3 aromatic rings. The molecule has 26 heavy (non-hydrogen) atoms. The van der Waals surface area contributed by atoms with Gasteiger partial charge in [-0.1, -0.05) is 12.1 Å². The number of benzene rings is 1.